The van der Waals surface area contributed by atoms with Crippen molar-refractivity contribution >= 4 is 40.3 Å². The Morgan fingerprint density at radius 3 is 2.50 bits per heavy atom. The molecule has 0 atom stereocenters. The molecular weight excluding hydrogens is 386 g/mol. The smallest absolute Gasteiger partial charge is 0.342 e. The molecule has 0 radical (unpaired) electrons. The molecule has 0 aliphatic rings. The van der Waals surface area contributed by atoms with Gasteiger partial charge in [-0.1, -0.05) is 6.07 Å². The van der Waals surface area contributed by atoms with Crippen molar-refractivity contribution in [3.05, 3.63) is 35.9 Å². The number of ether oxygens (including phenoxy) is 4. The van der Waals surface area contributed by atoms with Crippen LogP contribution in [-0.2, 0) is 9.53 Å². The van der Waals surface area contributed by atoms with Crippen LogP contribution < -0.4 is 19.5 Å². The number of hydrogen-bond donors (Lipinski definition) is 1. The van der Waals surface area contributed by atoms with Crippen molar-refractivity contribution in [1.29, 1.82) is 0 Å². The predicted octanol–water partition coefficient (Wildman–Crippen LogP) is 2.51. The number of nitrogens with one attached hydrogen (secondary N) is 1. The third kappa shape index (κ3) is 3.81. The van der Waals surface area contributed by atoms with E-state index in [9.17, 15) is 9.59 Å². The lowest BCUT2D eigenvalue weighted by Gasteiger charge is -2.15. The van der Waals surface area contributed by atoms with Crippen LogP contribution in [0.1, 0.15) is 10.4 Å². The van der Waals surface area contributed by atoms with Gasteiger partial charge in [0.1, 0.15) is 16.6 Å². The van der Waals surface area contributed by atoms with Crippen molar-refractivity contribution in [3.8, 4) is 17.2 Å². The zero-order chi connectivity index (χ0) is 20.1. The molecule has 1 aromatic heterocycles. The topological polar surface area (TPSA) is 109 Å². The maximum atomic E-state index is 12.4. The summed E-state index contributed by atoms with van der Waals surface area (Å²) in [6.45, 7) is -0.482. The van der Waals surface area contributed by atoms with Gasteiger partial charge in [0.15, 0.2) is 18.1 Å². The highest BCUT2D eigenvalue weighted by molar-refractivity contribution is 7.00. The second kappa shape index (κ2) is 8.53. The average Bonchev–Trinajstić information content (AvgIpc) is 3.20. The Hall–Kier alpha value is -3.40. The Morgan fingerprint density at radius 1 is 1.00 bits per heavy atom. The number of aromatic nitrogens is 2. The molecule has 1 heterocycles. The number of rotatable bonds is 7. The highest BCUT2D eigenvalue weighted by atomic mass is 32.1. The van der Waals surface area contributed by atoms with E-state index in [4.69, 9.17) is 18.9 Å². The molecule has 0 unspecified atom stereocenters. The lowest BCUT2D eigenvalue weighted by molar-refractivity contribution is -0.119. The van der Waals surface area contributed by atoms with E-state index in [0.29, 0.717) is 22.5 Å². The lowest BCUT2D eigenvalue weighted by Crippen LogP contribution is -2.21. The predicted molar refractivity (Wildman–Crippen MR) is 102 cm³/mol. The van der Waals surface area contributed by atoms with Crippen molar-refractivity contribution in [3.63, 3.8) is 0 Å². The second-order valence-corrected chi connectivity index (χ2v) is 5.97. The van der Waals surface area contributed by atoms with Crippen LogP contribution in [0, 0.1) is 0 Å². The average molecular weight is 403 g/mol. The number of fused-ring (bicyclic) bond motifs is 1. The van der Waals surface area contributed by atoms with Crippen LogP contribution in [0.3, 0.4) is 0 Å². The molecule has 1 N–H and O–H groups in total. The molecule has 3 rings (SSSR count). The van der Waals surface area contributed by atoms with Crippen LogP contribution in [0.5, 0.6) is 17.2 Å². The number of esters is 1. The molecule has 0 aliphatic heterocycles. The normalized spacial score (nSPS) is 10.4. The van der Waals surface area contributed by atoms with Crippen molar-refractivity contribution < 1.29 is 28.5 Å². The number of nitrogens with zero attached hydrogens (tertiary/aromatic N) is 2. The first-order chi connectivity index (χ1) is 13.6. The standard InChI is InChI=1S/C18H17N3O6S/c1-24-13-8-7-10(16(25-2)17(13)26-3)18(23)27-9-14(22)19-11-5-4-6-12-15(11)21-28-20-12/h4-8H,9H2,1-3H3,(H,19,22). The highest BCUT2D eigenvalue weighted by Gasteiger charge is 2.22. The van der Waals surface area contributed by atoms with Crippen molar-refractivity contribution in [1.82, 2.24) is 8.75 Å². The summed E-state index contributed by atoms with van der Waals surface area (Å²) in [5.41, 5.74) is 1.86. The Bertz CT molecular complexity index is 1020. The zero-order valence-electron chi connectivity index (χ0n) is 15.3. The Balaban J connectivity index is 1.70. The zero-order valence-corrected chi connectivity index (χ0v) is 16.2. The number of amides is 1. The number of methoxy groups -OCH3 is 3. The van der Waals surface area contributed by atoms with Crippen molar-refractivity contribution in [2.75, 3.05) is 33.3 Å². The number of carbonyl (C=O) groups excluding carboxylic acids is 2. The minimum Gasteiger partial charge on any atom is -0.493 e. The molecule has 0 bridgehead atoms. The molecule has 9 nitrogen and oxygen atoms in total. The summed E-state index contributed by atoms with van der Waals surface area (Å²) in [5, 5.41) is 2.66. The van der Waals surface area contributed by atoms with Crippen LogP contribution >= 0.6 is 11.7 Å². The first kappa shape index (κ1) is 19.4. The summed E-state index contributed by atoms with van der Waals surface area (Å²) in [4.78, 5) is 24.6. The van der Waals surface area contributed by atoms with Gasteiger partial charge in [0, 0.05) is 0 Å². The molecule has 0 aliphatic carbocycles. The molecular formula is C18H17N3O6S. The van der Waals surface area contributed by atoms with E-state index in [1.807, 2.05) is 0 Å². The van der Waals surface area contributed by atoms with Crippen molar-refractivity contribution in [2.24, 2.45) is 0 Å². The van der Waals surface area contributed by atoms with E-state index in [1.54, 1.807) is 24.3 Å². The van der Waals surface area contributed by atoms with Gasteiger partial charge in [-0.2, -0.15) is 8.75 Å². The molecule has 2 aromatic carbocycles. The Labute approximate surface area is 164 Å². The second-order valence-electron chi connectivity index (χ2n) is 5.44. The minimum absolute atomic E-state index is 0.110. The van der Waals surface area contributed by atoms with Gasteiger partial charge in [-0.15, -0.1) is 0 Å². The van der Waals surface area contributed by atoms with Crippen LogP contribution in [-0.4, -0.2) is 48.6 Å². The van der Waals surface area contributed by atoms with Gasteiger partial charge in [0.25, 0.3) is 5.91 Å². The van der Waals surface area contributed by atoms with E-state index in [0.717, 1.165) is 11.7 Å². The van der Waals surface area contributed by atoms with E-state index in [2.05, 4.69) is 14.1 Å². The minimum atomic E-state index is -0.735. The summed E-state index contributed by atoms with van der Waals surface area (Å²) < 4.78 is 29.0. The SMILES string of the molecule is COc1ccc(C(=O)OCC(=O)Nc2cccc3nsnc23)c(OC)c1OC. The van der Waals surface area contributed by atoms with Gasteiger partial charge in [-0.3, -0.25) is 4.79 Å². The molecule has 3 aromatic rings. The van der Waals surface area contributed by atoms with Crippen molar-refractivity contribution in [2.45, 2.75) is 0 Å². The maximum Gasteiger partial charge on any atom is 0.342 e. The summed E-state index contributed by atoms with van der Waals surface area (Å²) in [6.07, 6.45) is 0. The fourth-order valence-electron chi connectivity index (χ4n) is 2.56. The first-order valence-electron chi connectivity index (χ1n) is 8.06. The third-order valence-corrected chi connectivity index (χ3v) is 4.36. The Kier molecular flexibility index (Phi) is 5.90. The van der Waals surface area contributed by atoms with Crippen LogP contribution in [0.4, 0.5) is 5.69 Å². The molecule has 10 heteroatoms. The van der Waals surface area contributed by atoms with E-state index >= 15 is 0 Å². The molecule has 28 heavy (non-hydrogen) atoms. The monoisotopic (exact) mass is 403 g/mol. The third-order valence-electron chi connectivity index (χ3n) is 3.82. The number of hydrogen-bond acceptors (Lipinski definition) is 9. The van der Waals surface area contributed by atoms with Crippen LogP contribution in [0.25, 0.3) is 11.0 Å². The molecule has 1 amide bonds. The van der Waals surface area contributed by atoms with Gasteiger partial charge >= 0.3 is 5.97 Å². The summed E-state index contributed by atoms with van der Waals surface area (Å²) >= 11 is 1.05. The molecule has 0 fully saturated rings. The fourth-order valence-corrected chi connectivity index (χ4v) is 3.11. The fraction of sp³-hybridized carbons (Fsp3) is 0.222. The quantitative estimate of drug-likeness (QED) is 0.600. The summed E-state index contributed by atoms with van der Waals surface area (Å²) in [5.74, 6) is -0.425. The summed E-state index contributed by atoms with van der Waals surface area (Å²) in [6, 6.07) is 8.26. The molecule has 146 valence electrons. The maximum absolute atomic E-state index is 12.4. The van der Waals surface area contributed by atoms with E-state index in [1.165, 1.54) is 27.4 Å². The van der Waals surface area contributed by atoms with Gasteiger partial charge in [0.05, 0.1) is 38.7 Å². The number of benzene rings is 2. The molecule has 0 spiro atoms. The van der Waals surface area contributed by atoms with Gasteiger partial charge in [-0.05, 0) is 24.3 Å². The number of anilines is 1. The molecule has 0 saturated carbocycles. The summed E-state index contributed by atoms with van der Waals surface area (Å²) in [7, 11) is 4.29. The first-order valence-corrected chi connectivity index (χ1v) is 8.79. The van der Waals surface area contributed by atoms with E-state index in [-0.39, 0.29) is 17.1 Å². The van der Waals surface area contributed by atoms with Gasteiger partial charge in [0.2, 0.25) is 5.75 Å². The lowest BCUT2D eigenvalue weighted by atomic mass is 10.1. The molecule has 0 saturated heterocycles. The number of carbonyl (C=O) groups is 2. The van der Waals surface area contributed by atoms with Gasteiger partial charge < -0.3 is 24.3 Å². The van der Waals surface area contributed by atoms with Gasteiger partial charge in [-0.25, -0.2) is 4.79 Å². The largest absolute Gasteiger partial charge is 0.493 e. The Morgan fingerprint density at radius 2 is 1.79 bits per heavy atom. The van der Waals surface area contributed by atoms with Crippen LogP contribution in [0.15, 0.2) is 30.3 Å². The van der Waals surface area contributed by atoms with Crippen LogP contribution in [0.2, 0.25) is 0 Å². The van der Waals surface area contributed by atoms with E-state index < -0.39 is 18.5 Å². The highest BCUT2D eigenvalue weighted by Crippen LogP contribution is 2.39.